The molecule has 106 valence electrons. The molecule has 2 aromatic rings. The predicted molar refractivity (Wildman–Crippen MR) is 82.8 cm³/mol. The highest BCUT2D eigenvalue weighted by atomic mass is 35.5. The number of nitrogens with zero attached hydrogens (tertiary/aromatic N) is 1. The Balaban J connectivity index is 2.28. The lowest BCUT2D eigenvalue weighted by Gasteiger charge is -2.16. The van der Waals surface area contributed by atoms with Crippen molar-refractivity contribution in [2.45, 2.75) is 6.10 Å². The van der Waals surface area contributed by atoms with Crippen molar-refractivity contribution in [2.75, 3.05) is 26.1 Å². The number of aliphatic hydroxyl groups is 1. The molecule has 2 aromatic carbocycles. The quantitative estimate of drug-likeness (QED) is 0.936. The highest BCUT2D eigenvalue weighted by Gasteiger charge is 2.13. The van der Waals surface area contributed by atoms with Gasteiger partial charge in [-0.1, -0.05) is 29.8 Å². The number of methoxy groups -OCH3 is 1. The zero-order valence-corrected chi connectivity index (χ0v) is 12.6. The topological polar surface area (TPSA) is 32.7 Å². The molecule has 1 unspecified atom stereocenters. The van der Waals surface area contributed by atoms with Crippen molar-refractivity contribution in [2.24, 2.45) is 0 Å². The van der Waals surface area contributed by atoms with Crippen molar-refractivity contribution in [1.82, 2.24) is 0 Å². The molecule has 0 bridgehead atoms. The number of hydrogen-bond acceptors (Lipinski definition) is 3. The van der Waals surface area contributed by atoms with Crippen molar-refractivity contribution in [3.05, 3.63) is 58.6 Å². The number of rotatable bonds is 4. The molecular weight excluding hydrogens is 274 g/mol. The van der Waals surface area contributed by atoms with Gasteiger partial charge >= 0.3 is 0 Å². The first-order valence-corrected chi connectivity index (χ1v) is 6.69. The third-order valence-electron chi connectivity index (χ3n) is 3.22. The zero-order valence-electron chi connectivity index (χ0n) is 11.8. The zero-order chi connectivity index (χ0) is 14.7. The normalized spacial score (nSPS) is 12.1. The van der Waals surface area contributed by atoms with Crippen LogP contribution in [0.1, 0.15) is 17.2 Å². The van der Waals surface area contributed by atoms with E-state index in [-0.39, 0.29) is 0 Å². The molecule has 0 saturated carbocycles. The van der Waals surface area contributed by atoms with Gasteiger partial charge in [-0.25, -0.2) is 0 Å². The minimum absolute atomic E-state index is 0.534. The van der Waals surface area contributed by atoms with E-state index in [1.54, 1.807) is 25.3 Å². The van der Waals surface area contributed by atoms with Crippen LogP contribution in [0.15, 0.2) is 42.5 Å². The fourth-order valence-electron chi connectivity index (χ4n) is 1.99. The summed E-state index contributed by atoms with van der Waals surface area (Å²) in [6.45, 7) is 0. The van der Waals surface area contributed by atoms with Gasteiger partial charge in [0.2, 0.25) is 0 Å². The number of anilines is 1. The van der Waals surface area contributed by atoms with Gasteiger partial charge in [-0.3, -0.25) is 0 Å². The Kier molecular flexibility index (Phi) is 4.53. The molecular formula is C16H18ClNO2. The Morgan fingerprint density at radius 2 is 1.65 bits per heavy atom. The molecule has 0 spiro atoms. The number of hydrogen-bond donors (Lipinski definition) is 1. The summed E-state index contributed by atoms with van der Waals surface area (Å²) in [5, 5.41) is 11.0. The fourth-order valence-corrected chi connectivity index (χ4v) is 2.19. The Bertz CT molecular complexity index is 582. The van der Waals surface area contributed by atoms with Gasteiger partial charge in [-0.05, 0) is 35.4 Å². The van der Waals surface area contributed by atoms with Crippen molar-refractivity contribution in [3.8, 4) is 5.75 Å². The highest BCUT2D eigenvalue weighted by molar-refractivity contribution is 6.32. The van der Waals surface area contributed by atoms with Crippen LogP contribution in [0, 0.1) is 0 Å². The second-order valence-corrected chi connectivity index (χ2v) is 5.19. The standard InChI is InChI=1S/C16H18ClNO2/c1-18(2)13-7-4-11(5-8-13)16(19)12-6-9-14(17)15(10-12)20-3/h4-10,16,19H,1-3H3. The second kappa shape index (κ2) is 6.16. The van der Waals surface area contributed by atoms with Crippen molar-refractivity contribution >= 4 is 17.3 Å². The lowest BCUT2D eigenvalue weighted by atomic mass is 10.0. The Morgan fingerprint density at radius 1 is 1.05 bits per heavy atom. The summed E-state index contributed by atoms with van der Waals surface area (Å²) >= 11 is 5.99. The van der Waals surface area contributed by atoms with Crippen LogP contribution in [0.4, 0.5) is 5.69 Å². The van der Waals surface area contributed by atoms with Gasteiger partial charge in [0.25, 0.3) is 0 Å². The summed E-state index contributed by atoms with van der Waals surface area (Å²) in [7, 11) is 5.52. The van der Waals surface area contributed by atoms with Crippen molar-refractivity contribution in [3.63, 3.8) is 0 Å². The average molecular weight is 292 g/mol. The molecule has 0 aliphatic rings. The Hall–Kier alpha value is -1.71. The van der Waals surface area contributed by atoms with Gasteiger partial charge in [0.1, 0.15) is 11.9 Å². The van der Waals surface area contributed by atoms with Crippen LogP contribution in [0.3, 0.4) is 0 Å². The van der Waals surface area contributed by atoms with Crippen LogP contribution in [0.5, 0.6) is 5.75 Å². The maximum atomic E-state index is 10.4. The van der Waals surface area contributed by atoms with E-state index in [1.165, 1.54) is 0 Å². The van der Waals surface area contributed by atoms with E-state index in [2.05, 4.69) is 0 Å². The van der Waals surface area contributed by atoms with Crippen LogP contribution >= 0.6 is 11.6 Å². The van der Waals surface area contributed by atoms with Crippen molar-refractivity contribution < 1.29 is 9.84 Å². The molecule has 0 radical (unpaired) electrons. The molecule has 3 nitrogen and oxygen atoms in total. The maximum Gasteiger partial charge on any atom is 0.137 e. The van der Waals surface area contributed by atoms with Crippen LogP contribution in [0.25, 0.3) is 0 Å². The summed E-state index contributed by atoms with van der Waals surface area (Å²) in [6.07, 6.45) is -0.697. The summed E-state index contributed by atoms with van der Waals surface area (Å²) < 4.78 is 5.17. The molecule has 0 amide bonds. The average Bonchev–Trinajstić information content (AvgIpc) is 2.47. The van der Waals surface area contributed by atoms with E-state index in [1.807, 2.05) is 43.3 Å². The second-order valence-electron chi connectivity index (χ2n) is 4.78. The first-order valence-electron chi connectivity index (χ1n) is 6.31. The molecule has 0 aliphatic carbocycles. The smallest absolute Gasteiger partial charge is 0.137 e. The summed E-state index contributed by atoms with van der Waals surface area (Å²) in [5.74, 6) is 0.563. The van der Waals surface area contributed by atoms with Gasteiger partial charge < -0.3 is 14.7 Å². The Morgan fingerprint density at radius 3 is 2.20 bits per heavy atom. The molecule has 20 heavy (non-hydrogen) atoms. The van der Waals surface area contributed by atoms with E-state index < -0.39 is 6.10 Å². The molecule has 0 aliphatic heterocycles. The molecule has 1 atom stereocenters. The molecule has 0 aromatic heterocycles. The summed E-state index contributed by atoms with van der Waals surface area (Å²) in [4.78, 5) is 2.02. The summed E-state index contributed by atoms with van der Waals surface area (Å²) in [5.41, 5.74) is 2.68. The van der Waals surface area contributed by atoms with E-state index in [0.717, 1.165) is 16.8 Å². The van der Waals surface area contributed by atoms with Gasteiger partial charge in [-0.15, -0.1) is 0 Å². The molecule has 1 N–H and O–H groups in total. The monoisotopic (exact) mass is 291 g/mol. The number of aliphatic hydroxyl groups excluding tert-OH is 1. The number of benzene rings is 2. The van der Waals surface area contributed by atoms with E-state index >= 15 is 0 Å². The fraction of sp³-hybridized carbons (Fsp3) is 0.250. The molecule has 0 heterocycles. The maximum absolute atomic E-state index is 10.4. The molecule has 4 heteroatoms. The SMILES string of the molecule is COc1cc(C(O)c2ccc(N(C)C)cc2)ccc1Cl. The van der Waals surface area contributed by atoms with E-state index in [4.69, 9.17) is 16.3 Å². The van der Waals surface area contributed by atoms with E-state index in [0.29, 0.717) is 10.8 Å². The number of halogens is 1. The first kappa shape index (κ1) is 14.7. The lowest BCUT2D eigenvalue weighted by molar-refractivity contribution is 0.220. The molecule has 0 fully saturated rings. The lowest BCUT2D eigenvalue weighted by Crippen LogP contribution is -2.08. The molecule has 0 saturated heterocycles. The molecule has 2 rings (SSSR count). The Labute approximate surface area is 124 Å². The van der Waals surface area contributed by atoms with Crippen molar-refractivity contribution in [1.29, 1.82) is 0 Å². The first-order chi connectivity index (χ1) is 9.52. The van der Waals surface area contributed by atoms with E-state index in [9.17, 15) is 5.11 Å². The largest absolute Gasteiger partial charge is 0.495 e. The van der Waals surface area contributed by atoms with Gasteiger partial charge in [0.15, 0.2) is 0 Å². The van der Waals surface area contributed by atoms with Crippen LogP contribution in [0.2, 0.25) is 5.02 Å². The number of ether oxygens (including phenoxy) is 1. The third kappa shape index (κ3) is 3.06. The minimum Gasteiger partial charge on any atom is -0.495 e. The van der Waals surface area contributed by atoms with Gasteiger partial charge in [-0.2, -0.15) is 0 Å². The third-order valence-corrected chi connectivity index (χ3v) is 3.53. The van der Waals surface area contributed by atoms with Gasteiger partial charge in [0.05, 0.1) is 12.1 Å². The van der Waals surface area contributed by atoms with Crippen LogP contribution in [-0.2, 0) is 0 Å². The van der Waals surface area contributed by atoms with Crippen LogP contribution in [-0.4, -0.2) is 26.3 Å². The van der Waals surface area contributed by atoms with Crippen LogP contribution < -0.4 is 9.64 Å². The van der Waals surface area contributed by atoms with Gasteiger partial charge in [0, 0.05) is 19.8 Å². The predicted octanol–water partition coefficient (Wildman–Crippen LogP) is 3.50. The highest BCUT2D eigenvalue weighted by Crippen LogP contribution is 2.30. The summed E-state index contributed by atoms with van der Waals surface area (Å²) in [6, 6.07) is 13.1. The minimum atomic E-state index is -0.697.